The van der Waals surface area contributed by atoms with Crippen LogP contribution in [-0.4, -0.2) is 17.0 Å². The van der Waals surface area contributed by atoms with Crippen molar-refractivity contribution in [2.24, 2.45) is 10.1 Å². The van der Waals surface area contributed by atoms with E-state index in [1.54, 1.807) is 18.3 Å². The first-order valence-corrected chi connectivity index (χ1v) is 12.7. The van der Waals surface area contributed by atoms with E-state index in [4.69, 9.17) is 5.10 Å². The predicted molar refractivity (Wildman–Crippen MR) is 151 cm³/mol. The minimum Gasteiger partial charge on any atom is -0.507 e. The van der Waals surface area contributed by atoms with E-state index in [9.17, 15) is 5.11 Å². The third-order valence-electron chi connectivity index (χ3n) is 5.72. The summed E-state index contributed by atoms with van der Waals surface area (Å²) in [5.74, 6) is 0.196. The third kappa shape index (κ3) is 4.93. The highest BCUT2D eigenvalue weighted by molar-refractivity contribution is 14.1. The number of rotatable bonds is 5. The molecule has 4 nitrogen and oxygen atoms in total. The van der Waals surface area contributed by atoms with E-state index in [-0.39, 0.29) is 11.8 Å². The Morgan fingerprint density at radius 3 is 2.56 bits per heavy atom. The number of benzene rings is 4. The van der Waals surface area contributed by atoms with Gasteiger partial charge < -0.3 is 5.11 Å². The van der Waals surface area contributed by atoms with E-state index in [2.05, 4.69) is 91.0 Å². The van der Waals surface area contributed by atoms with Crippen LogP contribution < -0.4 is 5.01 Å². The molecule has 0 bridgehead atoms. The van der Waals surface area contributed by atoms with Crippen LogP contribution in [0.2, 0.25) is 0 Å². The second kappa shape index (κ2) is 10.1. The van der Waals surface area contributed by atoms with Crippen molar-refractivity contribution in [3.05, 3.63) is 122 Å². The number of nitrogens with zero attached hydrogens (tertiary/aromatic N) is 3. The lowest BCUT2D eigenvalue weighted by Gasteiger charge is -2.24. The number of para-hydroxylation sites is 1. The van der Waals surface area contributed by atoms with Crippen molar-refractivity contribution >= 4 is 61.8 Å². The van der Waals surface area contributed by atoms with Gasteiger partial charge >= 0.3 is 0 Å². The molecule has 1 heterocycles. The van der Waals surface area contributed by atoms with Crippen molar-refractivity contribution in [1.29, 1.82) is 0 Å². The second-order valence-electron chi connectivity index (χ2n) is 7.98. The Labute approximate surface area is 221 Å². The Morgan fingerprint density at radius 1 is 0.941 bits per heavy atom. The summed E-state index contributed by atoms with van der Waals surface area (Å²) in [5.41, 5.74) is 5.88. The largest absolute Gasteiger partial charge is 0.507 e. The van der Waals surface area contributed by atoms with Crippen molar-refractivity contribution in [2.75, 3.05) is 5.01 Å². The molecule has 1 aliphatic rings. The van der Waals surface area contributed by atoms with Crippen molar-refractivity contribution in [2.45, 2.75) is 12.5 Å². The van der Waals surface area contributed by atoms with Gasteiger partial charge in [0.1, 0.15) is 5.75 Å². The Balaban J connectivity index is 1.48. The first-order chi connectivity index (χ1) is 16.6. The summed E-state index contributed by atoms with van der Waals surface area (Å²) in [4.78, 5) is 4.60. The van der Waals surface area contributed by atoms with Crippen LogP contribution in [0.25, 0.3) is 0 Å². The first-order valence-electron chi connectivity index (χ1n) is 10.9. The first kappa shape index (κ1) is 22.8. The Hall–Kier alpha value is -2.97. The Kier molecular flexibility index (Phi) is 6.78. The van der Waals surface area contributed by atoms with Crippen LogP contribution in [0.4, 0.5) is 11.4 Å². The smallest absolute Gasteiger partial charge is 0.124 e. The molecule has 0 saturated carbocycles. The van der Waals surface area contributed by atoms with Gasteiger partial charge in [-0.15, -0.1) is 0 Å². The van der Waals surface area contributed by atoms with Gasteiger partial charge in [0.05, 0.1) is 23.1 Å². The van der Waals surface area contributed by atoms with Gasteiger partial charge in [0.2, 0.25) is 0 Å². The van der Waals surface area contributed by atoms with E-state index >= 15 is 0 Å². The van der Waals surface area contributed by atoms with Crippen LogP contribution in [0.5, 0.6) is 5.75 Å². The summed E-state index contributed by atoms with van der Waals surface area (Å²) < 4.78 is 2.12. The maximum atomic E-state index is 10.1. The second-order valence-corrected chi connectivity index (χ2v) is 10.1. The highest BCUT2D eigenvalue weighted by Crippen LogP contribution is 2.38. The van der Waals surface area contributed by atoms with Crippen molar-refractivity contribution in [1.82, 2.24) is 0 Å². The lowest BCUT2D eigenvalue weighted by molar-refractivity contribution is 0.474. The molecule has 4 aromatic rings. The SMILES string of the molecule is Oc1ccc(Br)cc1C=Nc1cccc(C2=NN(c3ccccc3)C(c3ccccc3I)C2)c1. The number of halogens is 2. The van der Waals surface area contributed by atoms with Crippen LogP contribution in [0.15, 0.2) is 112 Å². The van der Waals surface area contributed by atoms with Crippen molar-refractivity contribution in [3.8, 4) is 5.75 Å². The topological polar surface area (TPSA) is 48.2 Å². The lowest BCUT2D eigenvalue weighted by atomic mass is 9.98. The standard InChI is InChI=1S/C28H21BrIN3O/c29-21-13-14-28(34)20(15-21)18-31-22-8-6-7-19(16-22)26-17-27(24-11-4-5-12-25(24)30)33(32-26)23-9-2-1-3-10-23/h1-16,18,27,34H,17H2. The molecule has 0 spiro atoms. The zero-order valence-electron chi connectivity index (χ0n) is 18.1. The van der Waals surface area contributed by atoms with E-state index in [1.165, 1.54) is 9.13 Å². The number of hydrazone groups is 1. The summed E-state index contributed by atoms with van der Waals surface area (Å²) in [7, 11) is 0. The fourth-order valence-corrected chi connectivity index (χ4v) is 5.16. The molecule has 168 valence electrons. The fourth-order valence-electron chi connectivity index (χ4n) is 4.03. The van der Waals surface area contributed by atoms with E-state index in [1.807, 2.05) is 42.5 Å². The number of aliphatic imine (C=N–C) groups is 1. The molecular weight excluding hydrogens is 601 g/mol. The van der Waals surface area contributed by atoms with Gasteiger partial charge in [-0.05, 0) is 82.2 Å². The molecule has 0 amide bonds. The molecule has 0 radical (unpaired) electrons. The number of hydrogen-bond acceptors (Lipinski definition) is 4. The van der Waals surface area contributed by atoms with Gasteiger partial charge in [-0.2, -0.15) is 5.10 Å². The molecule has 0 aliphatic carbocycles. The molecule has 0 saturated heterocycles. The Morgan fingerprint density at radius 2 is 1.74 bits per heavy atom. The predicted octanol–water partition coefficient (Wildman–Crippen LogP) is 7.87. The highest BCUT2D eigenvalue weighted by Gasteiger charge is 2.31. The fraction of sp³-hybridized carbons (Fsp3) is 0.0714. The molecule has 0 aromatic heterocycles. The number of phenols is 1. The zero-order valence-corrected chi connectivity index (χ0v) is 21.9. The van der Waals surface area contributed by atoms with Gasteiger partial charge in [0.25, 0.3) is 0 Å². The van der Waals surface area contributed by atoms with Crippen molar-refractivity contribution < 1.29 is 5.11 Å². The van der Waals surface area contributed by atoms with Gasteiger partial charge in [-0.25, -0.2) is 0 Å². The third-order valence-corrected chi connectivity index (χ3v) is 7.19. The van der Waals surface area contributed by atoms with Crippen LogP contribution in [0.1, 0.15) is 29.2 Å². The molecule has 0 fully saturated rings. The van der Waals surface area contributed by atoms with Gasteiger partial charge in [-0.3, -0.25) is 10.0 Å². The normalized spacial score (nSPS) is 15.6. The lowest BCUT2D eigenvalue weighted by Crippen LogP contribution is -2.19. The molecule has 5 rings (SSSR count). The summed E-state index contributed by atoms with van der Waals surface area (Å²) in [6.45, 7) is 0. The summed E-state index contributed by atoms with van der Waals surface area (Å²) >= 11 is 5.85. The number of aromatic hydroxyl groups is 1. The molecule has 1 unspecified atom stereocenters. The molecule has 6 heteroatoms. The van der Waals surface area contributed by atoms with E-state index in [0.29, 0.717) is 5.56 Å². The van der Waals surface area contributed by atoms with Gasteiger partial charge in [0.15, 0.2) is 0 Å². The van der Waals surface area contributed by atoms with Crippen LogP contribution in [0, 0.1) is 3.57 Å². The maximum Gasteiger partial charge on any atom is 0.124 e. The maximum absolute atomic E-state index is 10.1. The monoisotopic (exact) mass is 621 g/mol. The van der Waals surface area contributed by atoms with E-state index < -0.39 is 0 Å². The molecule has 1 aliphatic heterocycles. The summed E-state index contributed by atoms with van der Waals surface area (Å²) in [6, 6.07) is 32.3. The minimum atomic E-state index is 0.122. The van der Waals surface area contributed by atoms with Gasteiger partial charge in [-0.1, -0.05) is 64.5 Å². The minimum absolute atomic E-state index is 0.122. The quantitative estimate of drug-likeness (QED) is 0.182. The average molecular weight is 622 g/mol. The number of hydrogen-bond donors (Lipinski definition) is 1. The summed E-state index contributed by atoms with van der Waals surface area (Å²) in [5, 5.41) is 17.3. The molecule has 1 N–H and O–H groups in total. The van der Waals surface area contributed by atoms with Crippen molar-refractivity contribution in [3.63, 3.8) is 0 Å². The molecule has 34 heavy (non-hydrogen) atoms. The number of phenolic OH excluding ortho intramolecular Hbond substituents is 1. The Bertz CT molecular complexity index is 1390. The molecular formula is C28H21BrIN3O. The molecule has 1 atom stereocenters. The zero-order chi connectivity index (χ0) is 23.5. The molecule has 4 aromatic carbocycles. The van der Waals surface area contributed by atoms with Crippen LogP contribution in [-0.2, 0) is 0 Å². The van der Waals surface area contributed by atoms with Gasteiger partial charge in [0, 0.05) is 26.2 Å². The number of anilines is 1. The average Bonchev–Trinajstić information content (AvgIpc) is 3.31. The highest BCUT2D eigenvalue weighted by atomic mass is 127. The van der Waals surface area contributed by atoms with E-state index in [0.717, 1.165) is 33.5 Å². The van der Waals surface area contributed by atoms with Crippen LogP contribution in [0.3, 0.4) is 0 Å². The summed E-state index contributed by atoms with van der Waals surface area (Å²) in [6.07, 6.45) is 2.48. The van der Waals surface area contributed by atoms with Crippen LogP contribution >= 0.6 is 38.5 Å².